The van der Waals surface area contributed by atoms with Gasteiger partial charge in [0, 0.05) is 6.54 Å². The smallest absolute Gasteiger partial charge is 0.177 e. The van der Waals surface area contributed by atoms with Crippen molar-refractivity contribution in [3.63, 3.8) is 0 Å². The molecule has 0 radical (unpaired) electrons. The van der Waals surface area contributed by atoms with Gasteiger partial charge in [0.25, 0.3) is 0 Å². The lowest BCUT2D eigenvalue weighted by Crippen LogP contribution is -2.28. The number of nitrogens with two attached hydrogens (primary N) is 2. The van der Waals surface area contributed by atoms with Gasteiger partial charge in [-0.2, -0.15) is 5.26 Å². The summed E-state index contributed by atoms with van der Waals surface area (Å²) in [6, 6.07) is 0.765. The lowest BCUT2D eigenvalue weighted by molar-refractivity contribution is 0.355. The molecular formula is C6H11N5O. The maximum Gasteiger partial charge on any atom is 0.177 e. The summed E-state index contributed by atoms with van der Waals surface area (Å²) in [6.45, 7) is -0.462. The molecule has 0 saturated carbocycles. The van der Waals surface area contributed by atoms with Crippen LogP contribution in [0.2, 0.25) is 0 Å². The molecule has 0 spiro atoms. The maximum atomic E-state index is 8.48. The van der Waals surface area contributed by atoms with Gasteiger partial charge < -0.3 is 22.0 Å². The average Bonchev–Trinajstić information content (AvgIpc) is 2.12. The van der Waals surface area contributed by atoms with Crippen molar-refractivity contribution in [1.29, 1.82) is 10.7 Å². The van der Waals surface area contributed by atoms with Crippen LogP contribution in [-0.2, 0) is 0 Å². The Hall–Kier alpha value is -1.45. The van der Waals surface area contributed by atoms with Gasteiger partial charge in [0.05, 0.1) is 11.8 Å². The fourth-order valence-electron chi connectivity index (χ4n) is 0.503. The van der Waals surface area contributed by atoms with Crippen LogP contribution < -0.4 is 11.5 Å². The Morgan fingerprint density at radius 3 is 2.67 bits per heavy atom. The van der Waals surface area contributed by atoms with E-state index in [9.17, 15) is 0 Å². The molecule has 1 unspecified atom stereocenters. The van der Waals surface area contributed by atoms with Crippen molar-refractivity contribution in [2.24, 2.45) is 16.5 Å². The van der Waals surface area contributed by atoms with Gasteiger partial charge in [-0.05, 0) is 0 Å². The normalized spacial score (nSPS) is 13.6. The molecular weight excluding hydrogens is 158 g/mol. The Labute approximate surface area is 70.0 Å². The summed E-state index contributed by atoms with van der Waals surface area (Å²) in [5.41, 5.74) is 10.3. The Bertz CT molecular complexity index is 229. The van der Waals surface area contributed by atoms with E-state index in [1.165, 1.54) is 0 Å². The summed E-state index contributed by atoms with van der Waals surface area (Å²) in [4.78, 5) is 3.56. The zero-order valence-electron chi connectivity index (χ0n) is 6.49. The highest BCUT2D eigenvalue weighted by Crippen LogP contribution is 1.90. The predicted octanol–water partition coefficient (Wildman–Crippen LogP) is -1.79. The molecule has 66 valence electrons. The summed E-state index contributed by atoms with van der Waals surface area (Å²) in [7, 11) is 0. The van der Waals surface area contributed by atoms with Crippen LogP contribution in [0, 0.1) is 16.7 Å². The minimum atomic E-state index is -0.970. The van der Waals surface area contributed by atoms with Crippen molar-refractivity contribution < 1.29 is 5.11 Å². The van der Waals surface area contributed by atoms with Crippen molar-refractivity contribution in [3.8, 4) is 6.07 Å². The Kier molecular flexibility index (Phi) is 4.60. The minimum Gasteiger partial charge on any atom is -0.388 e. The molecule has 0 aliphatic carbocycles. The molecule has 6 heteroatoms. The highest BCUT2D eigenvalue weighted by molar-refractivity contribution is 5.94. The molecule has 0 heterocycles. The first-order chi connectivity index (χ1) is 5.65. The third-order valence-corrected chi connectivity index (χ3v) is 1.13. The molecule has 1 atom stereocenters. The van der Waals surface area contributed by atoms with Gasteiger partial charge in [0.1, 0.15) is 12.4 Å². The van der Waals surface area contributed by atoms with E-state index >= 15 is 0 Å². The number of aliphatic imine (C=N–C) groups is 1. The van der Waals surface area contributed by atoms with Crippen LogP contribution in [0.15, 0.2) is 4.99 Å². The number of nitriles is 1. The van der Waals surface area contributed by atoms with Gasteiger partial charge in [-0.3, -0.25) is 0 Å². The molecule has 0 aromatic carbocycles. The maximum absolute atomic E-state index is 8.48. The zero-order chi connectivity index (χ0) is 9.56. The highest BCUT2D eigenvalue weighted by atomic mass is 16.3. The molecule has 0 rings (SSSR count). The lowest BCUT2D eigenvalue weighted by Gasteiger charge is -2.03. The van der Waals surface area contributed by atoms with Gasteiger partial charge in [-0.25, -0.2) is 4.99 Å². The Balaban J connectivity index is 4.40. The van der Waals surface area contributed by atoms with E-state index in [0.717, 1.165) is 0 Å². The molecule has 6 nitrogen and oxygen atoms in total. The molecule has 0 fully saturated rings. The summed E-state index contributed by atoms with van der Waals surface area (Å²) >= 11 is 0. The van der Waals surface area contributed by atoms with E-state index in [0.29, 0.717) is 0 Å². The molecule has 0 saturated heterocycles. The van der Waals surface area contributed by atoms with Crippen molar-refractivity contribution in [2.75, 3.05) is 13.2 Å². The van der Waals surface area contributed by atoms with Crippen LogP contribution in [0.4, 0.5) is 0 Å². The number of aliphatic hydroxyl groups excluding tert-OH is 1. The molecule has 0 aromatic heterocycles. The lowest BCUT2D eigenvalue weighted by atomic mass is 10.2. The highest BCUT2D eigenvalue weighted by Gasteiger charge is 2.10. The van der Waals surface area contributed by atoms with Crippen LogP contribution in [0.1, 0.15) is 0 Å². The summed E-state index contributed by atoms with van der Waals surface area (Å²) in [5, 5.41) is 24.1. The van der Waals surface area contributed by atoms with Crippen LogP contribution in [0.3, 0.4) is 0 Å². The quantitative estimate of drug-likeness (QED) is 0.292. The van der Waals surface area contributed by atoms with E-state index in [2.05, 4.69) is 4.99 Å². The fraction of sp³-hybridized carbons (Fsp3) is 0.500. The van der Waals surface area contributed by atoms with Crippen LogP contribution in [0.5, 0.6) is 0 Å². The zero-order valence-corrected chi connectivity index (χ0v) is 6.49. The van der Waals surface area contributed by atoms with Crippen molar-refractivity contribution >= 4 is 11.5 Å². The molecule has 0 amide bonds. The SMILES string of the molecule is N#CC(N=C(N)CO)C(=N)CN. The van der Waals surface area contributed by atoms with E-state index in [4.69, 9.17) is 27.2 Å². The number of nitrogens with one attached hydrogen (secondary N) is 1. The molecule has 6 N–H and O–H groups in total. The van der Waals surface area contributed by atoms with E-state index in [-0.39, 0.29) is 18.1 Å². The molecule has 12 heavy (non-hydrogen) atoms. The van der Waals surface area contributed by atoms with E-state index in [1.54, 1.807) is 6.07 Å². The number of rotatable bonds is 4. The number of aliphatic hydroxyl groups is 1. The number of nitrogens with zero attached hydrogens (tertiary/aromatic N) is 2. The van der Waals surface area contributed by atoms with Crippen molar-refractivity contribution in [2.45, 2.75) is 6.04 Å². The summed E-state index contributed by atoms with van der Waals surface area (Å²) in [6.07, 6.45) is 0. The third kappa shape index (κ3) is 3.09. The summed E-state index contributed by atoms with van der Waals surface area (Å²) < 4.78 is 0. The Morgan fingerprint density at radius 2 is 2.33 bits per heavy atom. The Morgan fingerprint density at radius 1 is 1.75 bits per heavy atom. The molecule has 0 aliphatic rings. The molecule has 0 bridgehead atoms. The summed E-state index contributed by atoms with van der Waals surface area (Å²) in [5.74, 6) is -0.0697. The second-order valence-corrected chi connectivity index (χ2v) is 2.04. The van der Waals surface area contributed by atoms with Crippen molar-refractivity contribution in [3.05, 3.63) is 0 Å². The third-order valence-electron chi connectivity index (χ3n) is 1.13. The van der Waals surface area contributed by atoms with Gasteiger partial charge in [0.15, 0.2) is 6.04 Å². The number of amidine groups is 1. The van der Waals surface area contributed by atoms with Gasteiger partial charge in [-0.15, -0.1) is 0 Å². The number of hydrogen-bond donors (Lipinski definition) is 4. The standard InChI is InChI=1S/C6H11N5O/c7-1-4(9)5(2-8)11-6(10)3-12/h5,9,12H,1,3,7H2,(H2,10,11). The second kappa shape index (κ2) is 5.23. The number of hydrogen-bond acceptors (Lipinski definition) is 5. The van der Waals surface area contributed by atoms with Crippen molar-refractivity contribution in [1.82, 2.24) is 0 Å². The first kappa shape index (κ1) is 10.6. The molecule has 0 aliphatic heterocycles. The van der Waals surface area contributed by atoms with E-state index < -0.39 is 12.6 Å². The van der Waals surface area contributed by atoms with Gasteiger partial charge >= 0.3 is 0 Å². The topological polar surface area (TPSA) is 132 Å². The van der Waals surface area contributed by atoms with Gasteiger partial charge in [-0.1, -0.05) is 0 Å². The largest absolute Gasteiger partial charge is 0.388 e. The molecule has 0 aromatic rings. The fourth-order valence-corrected chi connectivity index (χ4v) is 0.503. The van der Waals surface area contributed by atoms with E-state index in [1.807, 2.05) is 0 Å². The van der Waals surface area contributed by atoms with Gasteiger partial charge in [0.2, 0.25) is 0 Å². The van der Waals surface area contributed by atoms with Crippen LogP contribution in [0.25, 0.3) is 0 Å². The minimum absolute atomic E-state index is 0.0195. The average molecular weight is 169 g/mol. The van der Waals surface area contributed by atoms with Crippen LogP contribution >= 0.6 is 0 Å². The second-order valence-electron chi connectivity index (χ2n) is 2.04. The first-order valence-corrected chi connectivity index (χ1v) is 3.25. The first-order valence-electron chi connectivity index (χ1n) is 3.25. The monoisotopic (exact) mass is 169 g/mol. The predicted molar refractivity (Wildman–Crippen MR) is 44.9 cm³/mol. The van der Waals surface area contributed by atoms with Crippen LogP contribution in [-0.4, -0.2) is 35.8 Å².